The van der Waals surface area contributed by atoms with E-state index in [-0.39, 0.29) is 0 Å². The average Bonchev–Trinajstić information content (AvgIpc) is 2.76. The molecular weight excluding hydrogens is 198 g/mol. The van der Waals surface area contributed by atoms with Crippen LogP contribution < -0.4 is 5.32 Å². The van der Waals surface area contributed by atoms with Gasteiger partial charge < -0.3 is 5.32 Å². The molecule has 3 nitrogen and oxygen atoms in total. The van der Waals surface area contributed by atoms with Gasteiger partial charge in [-0.15, -0.1) is 0 Å². The molecule has 0 fully saturated rings. The molecule has 1 heterocycles. The van der Waals surface area contributed by atoms with E-state index in [1.165, 1.54) is 5.69 Å². The van der Waals surface area contributed by atoms with Gasteiger partial charge in [-0.25, -0.2) is 0 Å². The molecule has 2 rings (SSSR count). The molecule has 2 aromatic rings. The van der Waals surface area contributed by atoms with Gasteiger partial charge >= 0.3 is 0 Å². The van der Waals surface area contributed by atoms with E-state index in [0.29, 0.717) is 0 Å². The summed E-state index contributed by atoms with van der Waals surface area (Å²) in [4.78, 5) is 0. The van der Waals surface area contributed by atoms with E-state index in [9.17, 15) is 0 Å². The molecule has 1 aromatic heterocycles. The second kappa shape index (κ2) is 5.35. The third kappa shape index (κ3) is 2.63. The lowest BCUT2D eigenvalue weighted by Crippen LogP contribution is -2.08. The molecule has 1 aromatic carbocycles. The maximum Gasteiger partial charge on any atom is 0.0575 e. The van der Waals surface area contributed by atoms with Gasteiger partial charge in [0.25, 0.3) is 0 Å². The Labute approximate surface area is 96.1 Å². The molecule has 0 atom stereocenters. The van der Waals surface area contributed by atoms with Crippen LogP contribution in [0.1, 0.15) is 19.0 Å². The number of rotatable bonds is 5. The molecule has 0 saturated carbocycles. The van der Waals surface area contributed by atoms with Crippen molar-refractivity contribution < 1.29 is 0 Å². The summed E-state index contributed by atoms with van der Waals surface area (Å²) in [6.07, 6.45) is 2.97. The van der Waals surface area contributed by atoms with Gasteiger partial charge in [-0.2, -0.15) is 5.10 Å². The Kier molecular flexibility index (Phi) is 3.59. The zero-order chi connectivity index (χ0) is 11.2. The predicted octanol–water partition coefficient (Wildman–Crippen LogP) is 2.91. The van der Waals surface area contributed by atoms with Crippen molar-refractivity contribution >= 4 is 5.69 Å². The van der Waals surface area contributed by atoms with Crippen LogP contribution in [0, 0.1) is 0 Å². The summed E-state index contributed by atoms with van der Waals surface area (Å²) in [5.41, 5.74) is 2.37. The molecule has 0 bridgehead atoms. The minimum atomic E-state index is 0.823. The minimum Gasteiger partial charge on any atom is -0.379 e. The number of hydrogen-bond donors (Lipinski definition) is 1. The Hall–Kier alpha value is -1.77. The summed E-state index contributed by atoms with van der Waals surface area (Å²) in [7, 11) is 0. The molecule has 0 aliphatic heterocycles. The van der Waals surface area contributed by atoms with E-state index in [0.717, 1.165) is 25.2 Å². The van der Waals surface area contributed by atoms with E-state index in [2.05, 4.69) is 40.2 Å². The van der Waals surface area contributed by atoms with Crippen molar-refractivity contribution in [3.05, 3.63) is 48.3 Å². The molecular formula is C13H17N3. The standard InChI is InChI=1S/C13H17N3/c1-2-10-16-13(8-9-15-16)11-14-12-6-4-3-5-7-12/h3-9,14H,2,10-11H2,1H3. The fourth-order valence-corrected chi connectivity index (χ4v) is 1.67. The quantitative estimate of drug-likeness (QED) is 0.831. The van der Waals surface area contributed by atoms with Crippen molar-refractivity contribution in [3.8, 4) is 0 Å². The molecule has 0 amide bonds. The van der Waals surface area contributed by atoms with E-state index in [1.54, 1.807) is 0 Å². The zero-order valence-corrected chi connectivity index (χ0v) is 9.56. The van der Waals surface area contributed by atoms with Crippen LogP contribution in [0.2, 0.25) is 0 Å². The van der Waals surface area contributed by atoms with Crippen molar-refractivity contribution in [2.75, 3.05) is 5.32 Å². The molecule has 0 unspecified atom stereocenters. The first-order valence-corrected chi connectivity index (χ1v) is 5.69. The normalized spacial score (nSPS) is 10.3. The Morgan fingerprint density at radius 3 is 2.75 bits per heavy atom. The highest BCUT2D eigenvalue weighted by Gasteiger charge is 2.00. The van der Waals surface area contributed by atoms with E-state index >= 15 is 0 Å². The van der Waals surface area contributed by atoms with Crippen molar-refractivity contribution in [3.63, 3.8) is 0 Å². The average molecular weight is 215 g/mol. The number of benzene rings is 1. The van der Waals surface area contributed by atoms with Crippen molar-refractivity contribution in [1.82, 2.24) is 9.78 Å². The Morgan fingerprint density at radius 2 is 2.00 bits per heavy atom. The van der Waals surface area contributed by atoms with Gasteiger partial charge in [0.2, 0.25) is 0 Å². The highest BCUT2D eigenvalue weighted by atomic mass is 15.3. The first-order chi connectivity index (χ1) is 7.90. The van der Waals surface area contributed by atoms with E-state index in [1.807, 2.05) is 24.4 Å². The highest BCUT2D eigenvalue weighted by molar-refractivity contribution is 5.42. The summed E-state index contributed by atoms with van der Waals surface area (Å²) in [5, 5.41) is 7.68. The number of aryl methyl sites for hydroxylation is 1. The molecule has 3 heteroatoms. The van der Waals surface area contributed by atoms with Crippen molar-refractivity contribution in [2.24, 2.45) is 0 Å². The van der Waals surface area contributed by atoms with Crippen LogP contribution in [0.3, 0.4) is 0 Å². The first-order valence-electron chi connectivity index (χ1n) is 5.69. The lowest BCUT2D eigenvalue weighted by Gasteiger charge is -2.08. The lowest BCUT2D eigenvalue weighted by atomic mass is 10.3. The van der Waals surface area contributed by atoms with Crippen LogP contribution in [0.5, 0.6) is 0 Å². The highest BCUT2D eigenvalue weighted by Crippen LogP contribution is 2.08. The minimum absolute atomic E-state index is 0.823. The topological polar surface area (TPSA) is 29.9 Å². The van der Waals surface area contributed by atoms with Gasteiger partial charge in [0.05, 0.1) is 12.2 Å². The fourth-order valence-electron chi connectivity index (χ4n) is 1.67. The summed E-state index contributed by atoms with van der Waals surface area (Å²) >= 11 is 0. The SMILES string of the molecule is CCCn1nccc1CNc1ccccc1. The lowest BCUT2D eigenvalue weighted by molar-refractivity contribution is 0.578. The molecule has 16 heavy (non-hydrogen) atoms. The third-order valence-electron chi connectivity index (χ3n) is 2.49. The van der Waals surface area contributed by atoms with Crippen LogP contribution in [-0.2, 0) is 13.1 Å². The molecule has 1 N–H and O–H groups in total. The van der Waals surface area contributed by atoms with E-state index < -0.39 is 0 Å². The smallest absolute Gasteiger partial charge is 0.0575 e. The molecule has 0 aliphatic carbocycles. The number of para-hydroxylation sites is 1. The van der Waals surface area contributed by atoms with Gasteiger partial charge in [0.15, 0.2) is 0 Å². The van der Waals surface area contributed by atoms with Crippen LogP contribution >= 0.6 is 0 Å². The van der Waals surface area contributed by atoms with Gasteiger partial charge in [0, 0.05) is 18.4 Å². The van der Waals surface area contributed by atoms with Gasteiger partial charge in [-0.05, 0) is 24.6 Å². The zero-order valence-electron chi connectivity index (χ0n) is 9.56. The summed E-state index contributed by atoms with van der Waals surface area (Å²) in [6, 6.07) is 12.3. The van der Waals surface area contributed by atoms with E-state index in [4.69, 9.17) is 0 Å². The molecule has 0 spiro atoms. The summed E-state index contributed by atoms with van der Waals surface area (Å²) < 4.78 is 2.05. The van der Waals surface area contributed by atoms with Crippen molar-refractivity contribution in [2.45, 2.75) is 26.4 Å². The summed E-state index contributed by atoms with van der Waals surface area (Å²) in [5.74, 6) is 0. The number of nitrogens with zero attached hydrogens (tertiary/aromatic N) is 2. The second-order valence-electron chi connectivity index (χ2n) is 3.77. The van der Waals surface area contributed by atoms with Crippen LogP contribution in [0.25, 0.3) is 0 Å². The molecule has 0 radical (unpaired) electrons. The Bertz CT molecular complexity index is 420. The predicted molar refractivity (Wildman–Crippen MR) is 66.3 cm³/mol. The molecule has 0 aliphatic rings. The molecule has 84 valence electrons. The maximum atomic E-state index is 4.29. The number of anilines is 1. The largest absolute Gasteiger partial charge is 0.379 e. The summed E-state index contributed by atoms with van der Waals surface area (Å²) in [6.45, 7) is 3.97. The molecule has 0 saturated heterocycles. The second-order valence-corrected chi connectivity index (χ2v) is 3.77. The van der Waals surface area contributed by atoms with Gasteiger partial charge in [0.1, 0.15) is 0 Å². The fraction of sp³-hybridized carbons (Fsp3) is 0.308. The van der Waals surface area contributed by atoms with Gasteiger partial charge in [-0.3, -0.25) is 4.68 Å². The van der Waals surface area contributed by atoms with Gasteiger partial charge in [-0.1, -0.05) is 25.1 Å². The number of hydrogen-bond acceptors (Lipinski definition) is 2. The number of nitrogens with one attached hydrogen (secondary N) is 1. The van der Waals surface area contributed by atoms with Crippen LogP contribution in [-0.4, -0.2) is 9.78 Å². The Balaban J connectivity index is 1.97. The van der Waals surface area contributed by atoms with Crippen LogP contribution in [0.4, 0.5) is 5.69 Å². The first kappa shape index (κ1) is 10.7. The number of aromatic nitrogens is 2. The monoisotopic (exact) mass is 215 g/mol. The maximum absolute atomic E-state index is 4.29. The van der Waals surface area contributed by atoms with Crippen LogP contribution in [0.15, 0.2) is 42.6 Å². The van der Waals surface area contributed by atoms with Crippen molar-refractivity contribution in [1.29, 1.82) is 0 Å². The Morgan fingerprint density at radius 1 is 1.19 bits per heavy atom. The third-order valence-corrected chi connectivity index (χ3v) is 2.49.